The van der Waals surface area contributed by atoms with E-state index in [9.17, 15) is 4.79 Å². The fourth-order valence-corrected chi connectivity index (χ4v) is 3.89. The predicted molar refractivity (Wildman–Crippen MR) is 98.6 cm³/mol. The van der Waals surface area contributed by atoms with Crippen LogP contribution in [0.2, 0.25) is 0 Å². The fraction of sp³-hybridized carbons (Fsp3) is 0.526. The van der Waals surface area contributed by atoms with Gasteiger partial charge in [-0.05, 0) is 38.0 Å². The molecule has 7 nitrogen and oxygen atoms in total. The molecule has 4 rings (SSSR count). The molecule has 0 unspecified atom stereocenters. The second kappa shape index (κ2) is 7.45. The zero-order valence-electron chi connectivity index (χ0n) is 15.3. The van der Waals surface area contributed by atoms with Crippen LogP contribution in [0.5, 0.6) is 0 Å². The van der Waals surface area contributed by atoms with E-state index in [4.69, 9.17) is 0 Å². The van der Waals surface area contributed by atoms with Gasteiger partial charge in [-0.15, -0.1) is 0 Å². The molecule has 1 N–H and O–H groups in total. The molecule has 0 bridgehead atoms. The number of carbonyl (C=O) groups is 1. The van der Waals surface area contributed by atoms with E-state index in [1.807, 2.05) is 24.1 Å². The number of aryl methyl sites for hydroxylation is 1. The third kappa shape index (κ3) is 3.72. The second-order valence-corrected chi connectivity index (χ2v) is 7.24. The van der Waals surface area contributed by atoms with Gasteiger partial charge < -0.3 is 10.2 Å². The van der Waals surface area contributed by atoms with E-state index in [0.717, 1.165) is 57.0 Å². The Kier molecular flexibility index (Phi) is 4.88. The van der Waals surface area contributed by atoms with Gasteiger partial charge >= 0.3 is 6.03 Å². The Bertz CT molecular complexity index is 767. The highest BCUT2D eigenvalue weighted by atomic mass is 16.2. The maximum atomic E-state index is 12.3. The van der Waals surface area contributed by atoms with Gasteiger partial charge in [0.1, 0.15) is 0 Å². The summed E-state index contributed by atoms with van der Waals surface area (Å²) >= 11 is 0. The Labute approximate surface area is 154 Å². The standard InChI is InChI=1S/C19H26N6O/c1-15-5-4-6-16(22-15)12-23-13-17-7-8-21-25(17)18(14-23)11-20-19(26)24-9-2-3-10-24/h4-8,18H,2-3,9-14H2,1H3,(H,20,26)/t18-/m1/s1. The topological polar surface area (TPSA) is 66.3 Å². The fourth-order valence-electron chi connectivity index (χ4n) is 3.89. The van der Waals surface area contributed by atoms with Crippen LogP contribution in [0.3, 0.4) is 0 Å². The van der Waals surface area contributed by atoms with Crippen molar-refractivity contribution in [1.82, 2.24) is 29.9 Å². The summed E-state index contributed by atoms with van der Waals surface area (Å²) in [7, 11) is 0. The predicted octanol–water partition coefficient (Wildman–Crippen LogP) is 1.95. The molecule has 138 valence electrons. The van der Waals surface area contributed by atoms with Crippen LogP contribution >= 0.6 is 0 Å². The lowest BCUT2D eigenvalue weighted by molar-refractivity contribution is 0.159. The van der Waals surface area contributed by atoms with Crippen molar-refractivity contribution in [3.8, 4) is 0 Å². The van der Waals surface area contributed by atoms with E-state index < -0.39 is 0 Å². The number of aromatic nitrogens is 3. The quantitative estimate of drug-likeness (QED) is 0.911. The lowest BCUT2D eigenvalue weighted by Gasteiger charge is -2.34. The number of urea groups is 1. The van der Waals surface area contributed by atoms with Gasteiger partial charge in [0.2, 0.25) is 0 Å². The van der Waals surface area contributed by atoms with Gasteiger partial charge in [-0.3, -0.25) is 14.6 Å². The molecule has 26 heavy (non-hydrogen) atoms. The van der Waals surface area contributed by atoms with Crippen molar-refractivity contribution in [2.75, 3.05) is 26.2 Å². The van der Waals surface area contributed by atoms with Crippen LogP contribution < -0.4 is 5.32 Å². The summed E-state index contributed by atoms with van der Waals surface area (Å²) in [5.41, 5.74) is 3.31. The van der Waals surface area contributed by atoms with Gasteiger partial charge in [0, 0.05) is 51.2 Å². The normalized spacial score (nSPS) is 20.2. The van der Waals surface area contributed by atoms with Crippen molar-refractivity contribution in [2.24, 2.45) is 0 Å². The zero-order chi connectivity index (χ0) is 17.9. The first-order valence-electron chi connectivity index (χ1n) is 9.39. The van der Waals surface area contributed by atoms with Gasteiger partial charge in [-0.25, -0.2) is 4.79 Å². The number of nitrogens with zero attached hydrogens (tertiary/aromatic N) is 5. The molecule has 2 aromatic rings. The number of rotatable bonds is 4. The first kappa shape index (κ1) is 17.0. The van der Waals surface area contributed by atoms with Crippen LogP contribution in [0.4, 0.5) is 4.79 Å². The molecule has 7 heteroatoms. The molecule has 0 aliphatic carbocycles. The highest BCUT2D eigenvalue weighted by Crippen LogP contribution is 2.21. The molecule has 4 heterocycles. The molecule has 1 atom stereocenters. The summed E-state index contributed by atoms with van der Waals surface area (Å²) in [5, 5.41) is 7.58. The summed E-state index contributed by atoms with van der Waals surface area (Å²) < 4.78 is 2.06. The Morgan fingerprint density at radius 3 is 2.92 bits per heavy atom. The number of carbonyl (C=O) groups excluding carboxylic acids is 1. The van der Waals surface area contributed by atoms with Gasteiger partial charge in [-0.1, -0.05) is 6.07 Å². The molecule has 0 radical (unpaired) electrons. The molecule has 0 saturated carbocycles. The SMILES string of the molecule is Cc1cccc(CN2Cc3ccnn3[C@H](CNC(=O)N3CCCC3)C2)n1. The number of hydrogen-bond acceptors (Lipinski definition) is 4. The van der Waals surface area contributed by atoms with Crippen LogP contribution in [0.1, 0.15) is 36.0 Å². The maximum Gasteiger partial charge on any atom is 0.317 e. The van der Waals surface area contributed by atoms with E-state index in [-0.39, 0.29) is 12.1 Å². The van der Waals surface area contributed by atoms with Crippen LogP contribution in [0.15, 0.2) is 30.5 Å². The van der Waals surface area contributed by atoms with E-state index in [2.05, 4.69) is 43.2 Å². The van der Waals surface area contributed by atoms with Crippen LogP contribution in [0.25, 0.3) is 0 Å². The molecular weight excluding hydrogens is 328 g/mol. The molecule has 1 saturated heterocycles. The average molecular weight is 354 g/mol. The lowest BCUT2D eigenvalue weighted by atomic mass is 10.1. The molecule has 0 spiro atoms. The largest absolute Gasteiger partial charge is 0.336 e. The third-order valence-corrected chi connectivity index (χ3v) is 5.17. The van der Waals surface area contributed by atoms with Crippen molar-refractivity contribution < 1.29 is 4.79 Å². The van der Waals surface area contributed by atoms with Gasteiger partial charge in [-0.2, -0.15) is 5.10 Å². The molecule has 0 aromatic carbocycles. The molecule has 1 fully saturated rings. The van der Waals surface area contributed by atoms with E-state index in [1.165, 1.54) is 5.69 Å². The van der Waals surface area contributed by atoms with Gasteiger partial charge in [0.25, 0.3) is 0 Å². The monoisotopic (exact) mass is 354 g/mol. The Morgan fingerprint density at radius 1 is 1.27 bits per heavy atom. The van der Waals surface area contributed by atoms with Crippen molar-refractivity contribution in [2.45, 2.75) is 38.9 Å². The minimum absolute atomic E-state index is 0.0497. The number of amides is 2. The highest BCUT2D eigenvalue weighted by molar-refractivity contribution is 5.74. The van der Waals surface area contributed by atoms with Crippen molar-refractivity contribution >= 4 is 6.03 Å². The molecule has 2 aromatic heterocycles. The lowest BCUT2D eigenvalue weighted by Crippen LogP contribution is -2.45. The van der Waals surface area contributed by atoms with E-state index in [1.54, 1.807) is 0 Å². The minimum Gasteiger partial charge on any atom is -0.336 e. The van der Waals surface area contributed by atoms with Crippen LogP contribution in [0, 0.1) is 6.92 Å². The summed E-state index contributed by atoms with van der Waals surface area (Å²) in [4.78, 5) is 21.2. The van der Waals surface area contributed by atoms with E-state index in [0.29, 0.717) is 6.54 Å². The second-order valence-electron chi connectivity index (χ2n) is 7.24. The molecule has 2 aliphatic rings. The van der Waals surface area contributed by atoms with Crippen molar-refractivity contribution in [3.63, 3.8) is 0 Å². The van der Waals surface area contributed by atoms with Gasteiger partial charge in [0.05, 0.1) is 17.4 Å². The Morgan fingerprint density at radius 2 is 2.12 bits per heavy atom. The smallest absolute Gasteiger partial charge is 0.317 e. The maximum absolute atomic E-state index is 12.3. The van der Waals surface area contributed by atoms with Crippen molar-refractivity contribution in [3.05, 3.63) is 47.5 Å². The van der Waals surface area contributed by atoms with Gasteiger partial charge in [0.15, 0.2) is 0 Å². The molecular formula is C19H26N6O. The number of pyridine rings is 1. The molecule has 2 aliphatic heterocycles. The number of fused-ring (bicyclic) bond motifs is 1. The summed E-state index contributed by atoms with van der Waals surface area (Å²) in [5.74, 6) is 0. The zero-order valence-corrected chi connectivity index (χ0v) is 15.3. The minimum atomic E-state index is 0.0497. The van der Waals surface area contributed by atoms with Crippen molar-refractivity contribution in [1.29, 1.82) is 0 Å². The third-order valence-electron chi connectivity index (χ3n) is 5.17. The number of nitrogens with one attached hydrogen (secondary N) is 1. The molecule has 2 amide bonds. The van der Waals surface area contributed by atoms with Crippen LogP contribution in [-0.2, 0) is 13.1 Å². The number of likely N-dealkylation sites (tertiary alicyclic amines) is 1. The first-order valence-corrected chi connectivity index (χ1v) is 9.39. The first-order chi connectivity index (χ1) is 12.7. The van der Waals surface area contributed by atoms with Crippen LogP contribution in [-0.4, -0.2) is 56.8 Å². The summed E-state index contributed by atoms with van der Waals surface area (Å²) in [6, 6.07) is 8.40. The summed E-state index contributed by atoms with van der Waals surface area (Å²) in [6.07, 6.45) is 4.06. The highest BCUT2D eigenvalue weighted by Gasteiger charge is 2.27. The summed E-state index contributed by atoms with van der Waals surface area (Å²) in [6.45, 7) is 6.87. The number of hydrogen-bond donors (Lipinski definition) is 1. The van der Waals surface area contributed by atoms with E-state index >= 15 is 0 Å². The average Bonchev–Trinajstić information content (AvgIpc) is 3.31. The Balaban J connectivity index is 1.41. The Hall–Kier alpha value is -2.41.